The highest BCUT2D eigenvalue weighted by Gasteiger charge is 2.26. The number of benzene rings is 2. The van der Waals surface area contributed by atoms with Gasteiger partial charge in [0.1, 0.15) is 11.4 Å². The molecule has 1 amide bonds. The minimum absolute atomic E-state index is 0.136. The summed E-state index contributed by atoms with van der Waals surface area (Å²) in [5, 5.41) is 17.5. The van der Waals surface area contributed by atoms with E-state index in [9.17, 15) is 14.7 Å². The molecule has 0 saturated carbocycles. The molecule has 0 aromatic heterocycles. The SMILES string of the molecule is CC[C@H]1CCCCN1C(=O)COC(=O)c1ccccc1N=Nc1ccc(O)cc1. The van der Waals surface area contributed by atoms with E-state index in [1.165, 1.54) is 12.1 Å². The van der Waals surface area contributed by atoms with Crippen molar-refractivity contribution in [3.05, 3.63) is 54.1 Å². The van der Waals surface area contributed by atoms with Crippen LogP contribution in [0.3, 0.4) is 0 Å². The lowest BCUT2D eigenvalue weighted by atomic mass is 10.00. The Balaban J connectivity index is 1.65. The van der Waals surface area contributed by atoms with Gasteiger partial charge in [-0.3, -0.25) is 4.79 Å². The number of likely N-dealkylation sites (tertiary alicyclic amines) is 1. The van der Waals surface area contributed by atoms with E-state index in [2.05, 4.69) is 17.2 Å². The van der Waals surface area contributed by atoms with E-state index in [0.29, 0.717) is 17.9 Å². The lowest BCUT2D eigenvalue weighted by Crippen LogP contribution is -2.45. The first-order valence-corrected chi connectivity index (χ1v) is 9.85. The molecular formula is C22H25N3O4. The zero-order valence-electron chi connectivity index (χ0n) is 16.5. The van der Waals surface area contributed by atoms with Gasteiger partial charge in [0, 0.05) is 12.6 Å². The summed E-state index contributed by atoms with van der Waals surface area (Å²) in [5.41, 5.74) is 1.13. The van der Waals surface area contributed by atoms with Crippen LogP contribution in [0, 0.1) is 0 Å². The summed E-state index contributed by atoms with van der Waals surface area (Å²) in [6.45, 7) is 2.50. The molecule has 1 fully saturated rings. The van der Waals surface area contributed by atoms with Crippen molar-refractivity contribution in [1.82, 2.24) is 4.90 Å². The smallest absolute Gasteiger partial charge is 0.340 e. The number of phenols is 1. The predicted octanol–water partition coefficient (Wildman–Crippen LogP) is 4.76. The Morgan fingerprint density at radius 2 is 1.86 bits per heavy atom. The predicted molar refractivity (Wildman–Crippen MR) is 109 cm³/mol. The second-order valence-corrected chi connectivity index (χ2v) is 6.95. The lowest BCUT2D eigenvalue weighted by molar-refractivity contribution is -0.138. The molecular weight excluding hydrogens is 370 g/mol. The Bertz CT molecular complexity index is 880. The third kappa shape index (κ3) is 5.40. The van der Waals surface area contributed by atoms with Gasteiger partial charge in [0.2, 0.25) is 0 Å². The number of rotatable bonds is 6. The van der Waals surface area contributed by atoms with E-state index >= 15 is 0 Å². The van der Waals surface area contributed by atoms with Gasteiger partial charge >= 0.3 is 5.97 Å². The molecule has 1 atom stereocenters. The van der Waals surface area contributed by atoms with Crippen molar-refractivity contribution in [2.45, 2.75) is 38.6 Å². The number of esters is 1. The van der Waals surface area contributed by atoms with Crippen LogP contribution in [-0.4, -0.2) is 41.1 Å². The maximum Gasteiger partial charge on any atom is 0.340 e. The molecule has 2 aromatic carbocycles. The van der Waals surface area contributed by atoms with Gasteiger partial charge < -0.3 is 14.7 Å². The number of azo groups is 1. The summed E-state index contributed by atoms with van der Waals surface area (Å²) in [6.07, 6.45) is 4.01. The van der Waals surface area contributed by atoms with E-state index in [-0.39, 0.29) is 29.9 Å². The van der Waals surface area contributed by atoms with Gasteiger partial charge in [-0.05, 0) is 62.1 Å². The molecule has 1 aliphatic heterocycles. The van der Waals surface area contributed by atoms with E-state index in [1.807, 2.05) is 4.90 Å². The van der Waals surface area contributed by atoms with Crippen LogP contribution in [0.1, 0.15) is 43.0 Å². The fraction of sp³-hybridized carbons (Fsp3) is 0.364. The first kappa shape index (κ1) is 20.5. The molecule has 2 aromatic rings. The quantitative estimate of drug-likeness (QED) is 0.564. The summed E-state index contributed by atoms with van der Waals surface area (Å²) in [5.74, 6) is -0.631. The second-order valence-electron chi connectivity index (χ2n) is 6.95. The van der Waals surface area contributed by atoms with Crippen molar-refractivity contribution in [2.24, 2.45) is 10.2 Å². The third-order valence-electron chi connectivity index (χ3n) is 4.99. The van der Waals surface area contributed by atoms with Crippen LogP contribution in [0.2, 0.25) is 0 Å². The minimum Gasteiger partial charge on any atom is -0.508 e. The third-order valence-corrected chi connectivity index (χ3v) is 4.99. The van der Waals surface area contributed by atoms with Crippen LogP contribution in [0.15, 0.2) is 58.8 Å². The lowest BCUT2D eigenvalue weighted by Gasteiger charge is -2.35. The summed E-state index contributed by atoms with van der Waals surface area (Å²) in [6, 6.07) is 13.1. The zero-order chi connectivity index (χ0) is 20.6. The van der Waals surface area contributed by atoms with E-state index in [1.54, 1.807) is 36.4 Å². The maximum atomic E-state index is 12.5. The van der Waals surface area contributed by atoms with E-state index in [0.717, 1.165) is 25.7 Å². The van der Waals surface area contributed by atoms with Crippen LogP contribution in [-0.2, 0) is 9.53 Å². The Kier molecular flexibility index (Phi) is 6.94. The molecule has 0 bridgehead atoms. The summed E-state index contributed by atoms with van der Waals surface area (Å²) < 4.78 is 5.28. The summed E-state index contributed by atoms with van der Waals surface area (Å²) in [7, 11) is 0. The van der Waals surface area contributed by atoms with Crippen LogP contribution >= 0.6 is 0 Å². The van der Waals surface area contributed by atoms with Gasteiger partial charge in [-0.1, -0.05) is 19.1 Å². The fourth-order valence-electron chi connectivity index (χ4n) is 3.41. The monoisotopic (exact) mass is 395 g/mol. The van der Waals surface area contributed by atoms with Gasteiger partial charge in [0.25, 0.3) is 5.91 Å². The van der Waals surface area contributed by atoms with E-state index < -0.39 is 5.97 Å². The van der Waals surface area contributed by atoms with Crippen molar-refractivity contribution in [1.29, 1.82) is 0 Å². The second kappa shape index (κ2) is 9.82. The zero-order valence-corrected chi connectivity index (χ0v) is 16.5. The molecule has 1 N–H and O–H groups in total. The average molecular weight is 395 g/mol. The van der Waals surface area contributed by atoms with Gasteiger partial charge in [0.05, 0.1) is 11.3 Å². The van der Waals surface area contributed by atoms with Crippen LogP contribution in [0.25, 0.3) is 0 Å². The number of phenolic OH excluding ortho intramolecular Hbond substituents is 1. The fourth-order valence-corrected chi connectivity index (χ4v) is 3.41. The number of nitrogens with zero attached hydrogens (tertiary/aromatic N) is 3. The highest BCUT2D eigenvalue weighted by molar-refractivity contribution is 5.96. The Morgan fingerprint density at radius 1 is 1.10 bits per heavy atom. The summed E-state index contributed by atoms with van der Waals surface area (Å²) >= 11 is 0. The molecule has 1 aliphatic rings. The van der Waals surface area contributed by atoms with Gasteiger partial charge in [-0.25, -0.2) is 4.79 Å². The van der Waals surface area contributed by atoms with Gasteiger partial charge in [-0.2, -0.15) is 5.11 Å². The Labute approximate surface area is 170 Å². The maximum absolute atomic E-state index is 12.5. The number of carbonyl (C=O) groups is 2. The highest BCUT2D eigenvalue weighted by atomic mass is 16.5. The number of aromatic hydroxyl groups is 1. The molecule has 3 rings (SSSR count). The number of ether oxygens (including phenoxy) is 1. The van der Waals surface area contributed by atoms with Crippen molar-refractivity contribution in [2.75, 3.05) is 13.2 Å². The van der Waals surface area contributed by atoms with Crippen molar-refractivity contribution in [3.63, 3.8) is 0 Å². The van der Waals surface area contributed by atoms with Crippen molar-refractivity contribution in [3.8, 4) is 5.75 Å². The largest absolute Gasteiger partial charge is 0.508 e. The molecule has 1 saturated heterocycles. The molecule has 7 nitrogen and oxygen atoms in total. The molecule has 0 aliphatic carbocycles. The normalized spacial score (nSPS) is 16.7. The molecule has 152 valence electrons. The minimum atomic E-state index is -0.608. The Morgan fingerprint density at radius 3 is 2.62 bits per heavy atom. The van der Waals surface area contributed by atoms with Crippen molar-refractivity contribution >= 4 is 23.3 Å². The topological polar surface area (TPSA) is 91.6 Å². The Hall–Kier alpha value is -3.22. The number of amides is 1. The van der Waals surface area contributed by atoms with E-state index in [4.69, 9.17) is 4.74 Å². The highest BCUT2D eigenvalue weighted by Crippen LogP contribution is 2.24. The van der Waals surface area contributed by atoms with Crippen LogP contribution in [0.5, 0.6) is 5.75 Å². The van der Waals surface area contributed by atoms with Gasteiger partial charge in [-0.15, -0.1) is 5.11 Å². The first-order valence-electron chi connectivity index (χ1n) is 9.85. The molecule has 29 heavy (non-hydrogen) atoms. The molecule has 0 spiro atoms. The van der Waals surface area contributed by atoms with Crippen LogP contribution in [0.4, 0.5) is 11.4 Å². The molecule has 1 heterocycles. The molecule has 0 unspecified atom stereocenters. The first-order chi connectivity index (χ1) is 14.1. The average Bonchev–Trinajstić information content (AvgIpc) is 2.77. The summed E-state index contributed by atoms with van der Waals surface area (Å²) in [4.78, 5) is 26.9. The number of hydrogen-bond acceptors (Lipinski definition) is 6. The van der Waals surface area contributed by atoms with Crippen LogP contribution < -0.4 is 0 Å². The number of carbonyl (C=O) groups excluding carboxylic acids is 2. The molecule has 7 heteroatoms. The molecule has 0 radical (unpaired) electrons. The van der Waals surface area contributed by atoms with Gasteiger partial charge in [0.15, 0.2) is 6.61 Å². The number of hydrogen-bond donors (Lipinski definition) is 1. The number of piperidine rings is 1. The standard InChI is InChI=1S/C22H25N3O4/c1-2-17-7-5-6-14-25(17)21(27)15-29-22(28)19-8-3-4-9-20(19)24-23-16-10-12-18(26)13-11-16/h3-4,8-13,17,26H,2,5-7,14-15H2,1H3/t17-/m0/s1. The van der Waals surface area contributed by atoms with Crippen molar-refractivity contribution < 1.29 is 19.4 Å².